The summed E-state index contributed by atoms with van der Waals surface area (Å²) in [6.07, 6.45) is 1.73. The highest BCUT2D eigenvalue weighted by molar-refractivity contribution is 7.89. The molecule has 0 spiro atoms. The van der Waals surface area contributed by atoms with Crippen LogP contribution in [0.4, 0.5) is 5.13 Å². The van der Waals surface area contributed by atoms with Crippen molar-refractivity contribution in [2.75, 3.05) is 25.0 Å². The molecule has 31 heavy (non-hydrogen) atoms. The number of carbonyl (C=O) groups is 1. The molecule has 1 aliphatic heterocycles. The molecule has 0 amide bonds. The summed E-state index contributed by atoms with van der Waals surface area (Å²) in [5.74, 6) is 0.372. The number of piperidine rings is 1. The summed E-state index contributed by atoms with van der Waals surface area (Å²) in [4.78, 5) is 17.5. The van der Waals surface area contributed by atoms with Crippen LogP contribution in [0.15, 0.2) is 41.3 Å². The fraction of sp³-hybridized carbons (Fsp3) is 0.391. The van der Waals surface area contributed by atoms with E-state index in [1.165, 1.54) is 27.3 Å². The molecule has 6 nitrogen and oxygen atoms in total. The van der Waals surface area contributed by atoms with E-state index >= 15 is 0 Å². The van der Waals surface area contributed by atoms with Gasteiger partial charge >= 0.3 is 0 Å². The molecule has 0 aliphatic carbocycles. The Bertz CT molecular complexity index is 1230. The van der Waals surface area contributed by atoms with E-state index in [2.05, 4.69) is 29.4 Å². The molecule has 1 aliphatic rings. The second-order valence-electron chi connectivity index (χ2n) is 8.34. The van der Waals surface area contributed by atoms with Crippen molar-refractivity contribution >= 4 is 42.5 Å². The minimum absolute atomic E-state index is 0.0581. The van der Waals surface area contributed by atoms with Crippen molar-refractivity contribution in [1.29, 1.82) is 0 Å². The van der Waals surface area contributed by atoms with Crippen LogP contribution in [-0.4, -0.2) is 43.1 Å². The first-order chi connectivity index (χ1) is 14.7. The SMILES string of the molecule is Cc1cc(C)c2nc(NCC(=O)c3cccc(S(=O)(=O)N4CCC(C)CC4)c3)sc2c1. The van der Waals surface area contributed by atoms with E-state index in [0.717, 1.165) is 28.6 Å². The summed E-state index contributed by atoms with van der Waals surface area (Å²) < 4.78 is 28.6. The number of thiazole rings is 1. The standard InChI is InChI=1S/C23H27N3O3S2/c1-15-7-9-26(10-8-15)31(28,29)19-6-4-5-18(13-19)20(27)14-24-23-25-22-17(3)11-16(2)12-21(22)30-23/h4-6,11-13,15H,7-10,14H2,1-3H3,(H,24,25). The number of ketones is 1. The Kier molecular flexibility index (Phi) is 6.14. The van der Waals surface area contributed by atoms with Crippen LogP contribution in [0.1, 0.15) is 41.3 Å². The van der Waals surface area contributed by atoms with Crippen molar-refractivity contribution in [3.8, 4) is 0 Å². The van der Waals surface area contributed by atoms with Gasteiger partial charge in [-0.1, -0.05) is 36.5 Å². The minimum atomic E-state index is -3.58. The number of nitrogens with one attached hydrogen (secondary N) is 1. The van der Waals surface area contributed by atoms with Crippen LogP contribution in [0.5, 0.6) is 0 Å². The van der Waals surface area contributed by atoms with Crippen LogP contribution in [-0.2, 0) is 10.0 Å². The fourth-order valence-electron chi connectivity index (χ4n) is 3.91. The van der Waals surface area contributed by atoms with Crippen LogP contribution < -0.4 is 5.32 Å². The normalized spacial score (nSPS) is 16.0. The van der Waals surface area contributed by atoms with Crippen molar-refractivity contribution in [2.24, 2.45) is 5.92 Å². The van der Waals surface area contributed by atoms with Gasteiger partial charge in [0.1, 0.15) is 0 Å². The summed E-state index contributed by atoms with van der Waals surface area (Å²) in [5, 5.41) is 3.79. The zero-order chi connectivity index (χ0) is 22.2. The van der Waals surface area contributed by atoms with Gasteiger partial charge in [-0.3, -0.25) is 4.79 Å². The number of sulfonamides is 1. The summed E-state index contributed by atoms with van der Waals surface area (Å²) in [7, 11) is -3.58. The number of fused-ring (bicyclic) bond motifs is 1. The lowest BCUT2D eigenvalue weighted by Crippen LogP contribution is -2.37. The number of aryl methyl sites for hydroxylation is 2. The van der Waals surface area contributed by atoms with Gasteiger partial charge in [0.15, 0.2) is 10.9 Å². The molecule has 0 bridgehead atoms. The minimum Gasteiger partial charge on any atom is -0.354 e. The van der Waals surface area contributed by atoms with E-state index in [1.54, 1.807) is 18.2 Å². The van der Waals surface area contributed by atoms with Crippen molar-refractivity contribution in [2.45, 2.75) is 38.5 Å². The van der Waals surface area contributed by atoms with Gasteiger partial charge in [-0.2, -0.15) is 4.31 Å². The highest BCUT2D eigenvalue weighted by Crippen LogP contribution is 2.29. The molecule has 1 fully saturated rings. The van der Waals surface area contributed by atoms with Crippen LogP contribution >= 0.6 is 11.3 Å². The van der Waals surface area contributed by atoms with Crippen LogP contribution in [0.2, 0.25) is 0 Å². The number of benzene rings is 2. The molecule has 8 heteroatoms. The number of carbonyl (C=O) groups excluding carboxylic acids is 1. The maximum Gasteiger partial charge on any atom is 0.243 e. The maximum atomic E-state index is 13.0. The number of rotatable bonds is 6. The van der Waals surface area contributed by atoms with Gasteiger partial charge in [0.25, 0.3) is 0 Å². The first-order valence-corrected chi connectivity index (χ1v) is 12.7. The van der Waals surface area contributed by atoms with E-state index in [1.807, 2.05) is 13.8 Å². The average Bonchev–Trinajstić information content (AvgIpc) is 3.15. The lowest BCUT2D eigenvalue weighted by molar-refractivity contribution is 0.101. The molecule has 164 valence electrons. The number of hydrogen-bond donors (Lipinski definition) is 1. The van der Waals surface area contributed by atoms with Gasteiger partial charge in [0.2, 0.25) is 10.0 Å². The smallest absolute Gasteiger partial charge is 0.243 e. The lowest BCUT2D eigenvalue weighted by atomic mass is 10.0. The molecular formula is C23H27N3O3S2. The topological polar surface area (TPSA) is 79.4 Å². The summed E-state index contributed by atoms with van der Waals surface area (Å²) in [6, 6.07) is 10.5. The number of Topliss-reactive ketones (excluding diaryl/α,β-unsaturated/α-hetero) is 1. The maximum absolute atomic E-state index is 13.0. The Morgan fingerprint density at radius 3 is 2.68 bits per heavy atom. The van der Waals surface area contributed by atoms with E-state index in [0.29, 0.717) is 29.7 Å². The first kappa shape index (κ1) is 21.9. The Morgan fingerprint density at radius 2 is 1.94 bits per heavy atom. The third-order valence-corrected chi connectivity index (χ3v) is 8.62. The van der Waals surface area contributed by atoms with Gasteiger partial charge in [-0.15, -0.1) is 0 Å². The Labute approximate surface area is 187 Å². The van der Waals surface area contributed by atoms with Crippen LogP contribution in [0.3, 0.4) is 0 Å². The molecule has 0 radical (unpaired) electrons. The third-order valence-electron chi connectivity index (χ3n) is 5.77. The molecule has 0 unspecified atom stereocenters. The molecule has 3 aromatic rings. The monoisotopic (exact) mass is 457 g/mol. The van der Waals surface area contributed by atoms with E-state index < -0.39 is 10.0 Å². The zero-order valence-electron chi connectivity index (χ0n) is 18.0. The Hall–Kier alpha value is -2.29. The van der Waals surface area contributed by atoms with Crippen molar-refractivity contribution in [1.82, 2.24) is 9.29 Å². The summed E-state index contributed by atoms with van der Waals surface area (Å²) in [6.45, 7) is 7.33. The number of aromatic nitrogens is 1. The highest BCUT2D eigenvalue weighted by Gasteiger charge is 2.28. The summed E-state index contributed by atoms with van der Waals surface area (Å²) in [5.41, 5.74) is 3.61. The molecule has 2 aromatic carbocycles. The summed E-state index contributed by atoms with van der Waals surface area (Å²) >= 11 is 1.51. The molecule has 1 N–H and O–H groups in total. The highest BCUT2D eigenvalue weighted by atomic mass is 32.2. The molecule has 1 aromatic heterocycles. The number of nitrogens with zero attached hydrogens (tertiary/aromatic N) is 2. The van der Waals surface area contributed by atoms with E-state index in [9.17, 15) is 13.2 Å². The van der Waals surface area contributed by atoms with Gasteiger partial charge in [-0.25, -0.2) is 13.4 Å². The molecule has 2 heterocycles. The van der Waals surface area contributed by atoms with Crippen LogP contribution in [0.25, 0.3) is 10.2 Å². The predicted molar refractivity (Wildman–Crippen MR) is 126 cm³/mol. The first-order valence-electron chi connectivity index (χ1n) is 10.5. The Balaban J connectivity index is 1.48. The third kappa shape index (κ3) is 4.66. The lowest BCUT2D eigenvalue weighted by Gasteiger charge is -2.29. The molecule has 4 rings (SSSR count). The van der Waals surface area contributed by atoms with E-state index in [4.69, 9.17) is 0 Å². The largest absolute Gasteiger partial charge is 0.354 e. The predicted octanol–water partition coefficient (Wildman–Crippen LogP) is 4.63. The van der Waals surface area contributed by atoms with Gasteiger partial charge < -0.3 is 5.32 Å². The quantitative estimate of drug-likeness (QED) is 0.546. The van der Waals surface area contributed by atoms with Crippen molar-refractivity contribution in [3.05, 3.63) is 53.1 Å². The van der Waals surface area contributed by atoms with Gasteiger partial charge in [-0.05, 0) is 61.9 Å². The van der Waals surface area contributed by atoms with Gasteiger partial charge in [0.05, 0.1) is 21.7 Å². The Morgan fingerprint density at radius 1 is 1.19 bits per heavy atom. The second kappa shape index (κ2) is 8.68. The number of anilines is 1. The molecular weight excluding hydrogens is 430 g/mol. The molecule has 1 saturated heterocycles. The molecule has 0 saturated carbocycles. The van der Waals surface area contributed by atoms with E-state index in [-0.39, 0.29) is 17.2 Å². The van der Waals surface area contributed by atoms with Crippen LogP contribution in [0, 0.1) is 19.8 Å². The fourth-order valence-corrected chi connectivity index (χ4v) is 6.46. The zero-order valence-corrected chi connectivity index (χ0v) is 19.6. The van der Waals surface area contributed by atoms with Crippen molar-refractivity contribution in [3.63, 3.8) is 0 Å². The average molecular weight is 458 g/mol. The molecule has 0 atom stereocenters. The van der Waals surface area contributed by atoms with Gasteiger partial charge in [0, 0.05) is 18.7 Å². The number of hydrogen-bond acceptors (Lipinski definition) is 6. The second-order valence-corrected chi connectivity index (χ2v) is 11.3. The van der Waals surface area contributed by atoms with Crippen molar-refractivity contribution < 1.29 is 13.2 Å².